The molecule has 44 heavy (non-hydrogen) atoms. The van der Waals surface area contributed by atoms with Crippen LogP contribution < -0.4 is 10.1 Å². The van der Waals surface area contributed by atoms with Crippen LogP contribution in [-0.4, -0.2) is 55.7 Å². The van der Waals surface area contributed by atoms with Crippen molar-refractivity contribution in [1.29, 1.82) is 0 Å². The molecule has 4 aromatic rings. The van der Waals surface area contributed by atoms with E-state index in [0.29, 0.717) is 57.6 Å². The SMILES string of the molecule is C=CCc1cc(-c2ccc(OCCC[N+](C)(C)CC(=O)NCCCC)c(CC=C)c2)c2oc(-c3cccc(Cl)c3Cl)nc2c1. The summed E-state index contributed by atoms with van der Waals surface area (Å²) in [5.74, 6) is 1.32. The maximum Gasteiger partial charge on any atom is 0.275 e. The number of aromatic nitrogens is 1. The highest BCUT2D eigenvalue weighted by atomic mass is 35.5. The molecule has 0 unspecified atom stereocenters. The Morgan fingerprint density at radius 1 is 1.05 bits per heavy atom. The summed E-state index contributed by atoms with van der Waals surface area (Å²) in [4.78, 5) is 17.1. The van der Waals surface area contributed by atoms with E-state index in [-0.39, 0.29) is 5.91 Å². The lowest BCUT2D eigenvalue weighted by Gasteiger charge is -2.29. The van der Waals surface area contributed by atoms with Crippen LogP contribution in [0.15, 0.2) is 78.3 Å². The molecule has 0 aliphatic heterocycles. The van der Waals surface area contributed by atoms with Gasteiger partial charge in [-0.2, -0.15) is 0 Å². The zero-order valence-electron chi connectivity index (χ0n) is 25.9. The van der Waals surface area contributed by atoms with Crippen molar-refractivity contribution >= 4 is 40.2 Å². The third kappa shape index (κ3) is 8.53. The molecule has 0 fully saturated rings. The lowest BCUT2D eigenvalue weighted by molar-refractivity contribution is -0.882. The Morgan fingerprint density at radius 3 is 2.59 bits per heavy atom. The van der Waals surface area contributed by atoms with Crippen LogP contribution >= 0.6 is 23.2 Å². The van der Waals surface area contributed by atoms with Gasteiger partial charge in [0.05, 0.1) is 42.9 Å². The van der Waals surface area contributed by atoms with Gasteiger partial charge in [0.1, 0.15) is 11.3 Å². The van der Waals surface area contributed by atoms with Crippen LogP contribution in [0, 0.1) is 0 Å². The first-order valence-electron chi connectivity index (χ1n) is 15.1. The zero-order chi connectivity index (χ0) is 31.7. The maximum atomic E-state index is 12.3. The number of halogens is 2. The fraction of sp³-hybridized carbons (Fsp3) is 0.333. The first-order chi connectivity index (χ1) is 21.2. The van der Waals surface area contributed by atoms with Gasteiger partial charge in [-0.1, -0.05) is 60.8 Å². The van der Waals surface area contributed by atoms with Crippen LogP contribution in [0.2, 0.25) is 10.0 Å². The number of hydrogen-bond donors (Lipinski definition) is 1. The van der Waals surface area contributed by atoms with Crippen LogP contribution in [0.25, 0.3) is 33.7 Å². The monoisotopic (exact) mass is 634 g/mol. The van der Waals surface area contributed by atoms with Gasteiger partial charge in [-0.15, -0.1) is 13.2 Å². The molecule has 1 aromatic heterocycles. The largest absolute Gasteiger partial charge is 0.493 e. The van der Waals surface area contributed by atoms with E-state index >= 15 is 0 Å². The second-order valence-corrected chi connectivity index (χ2v) is 12.4. The van der Waals surface area contributed by atoms with Gasteiger partial charge in [-0.3, -0.25) is 4.79 Å². The lowest BCUT2D eigenvalue weighted by atomic mass is 9.97. The van der Waals surface area contributed by atoms with Crippen molar-refractivity contribution < 1.29 is 18.4 Å². The number of nitrogens with zero attached hydrogens (tertiary/aromatic N) is 2. The highest BCUT2D eigenvalue weighted by Gasteiger charge is 2.21. The minimum Gasteiger partial charge on any atom is -0.493 e. The smallest absolute Gasteiger partial charge is 0.275 e. The standard InChI is InChI=1S/C36H41Cl2N3O3/c1-6-9-18-39-33(42)24-41(4,5)19-11-20-43-32-17-16-26(23-27(32)13-8-3)29-21-25(12-7-2)22-31-35(29)44-36(40-31)28-14-10-15-30(37)34(28)38/h7-8,10,14-17,21-23H,2-3,6,9,11-13,18-20,24H2,1,4-5H3/p+1. The number of allylic oxidation sites excluding steroid dienone is 2. The molecule has 0 aliphatic carbocycles. The average Bonchev–Trinajstić information content (AvgIpc) is 3.41. The molecule has 1 amide bonds. The number of hydrogen-bond acceptors (Lipinski definition) is 4. The normalized spacial score (nSPS) is 11.5. The summed E-state index contributed by atoms with van der Waals surface area (Å²) in [7, 11) is 4.15. The molecule has 0 atom stereocenters. The van der Waals surface area contributed by atoms with Crippen molar-refractivity contribution in [1.82, 2.24) is 10.3 Å². The van der Waals surface area contributed by atoms with Crippen LogP contribution in [0.5, 0.6) is 5.75 Å². The predicted octanol–water partition coefficient (Wildman–Crippen LogP) is 8.69. The number of amides is 1. The quantitative estimate of drug-likeness (QED) is 0.0760. The second-order valence-electron chi connectivity index (χ2n) is 11.6. The molecule has 6 nitrogen and oxygen atoms in total. The van der Waals surface area contributed by atoms with E-state index in [9.17, 15) is 4.79 Å². The average molecular weight is 636 g/mol. The molecule has 232 valence electrons. The topological polar surface area (TPSA) is 64.4 Å². The van der Waals surface area contributed by atoms with Gasteiger partial charge in [0, 0.05) is 18.5 Å². The number of carbonyl (C=O) groups is 1. The molecular formula is C36H42Cl2N3O3+. The van der Waals surface area contributed by atoms with E-state index in [1.165, 1.54) is 0 Å². The van der Waals surface area contributed by atoms with Crippen LogP contribution in [0.1, 0.15) is 37.3 Å². The second kappa shape index (κ2) is 15.4. The third-order valence-electron chi connectivity index (χ3n) is 7.44. The minimum absolute atomic E-state index is 0.0917. The number of ether oxygens (including phenoxy) is 1. The summed E-state index contributed by atoms with van der Waals surface area (Å²) in [6.45, 7) is 12.6. The Bertz CT molecular complexity index is 1630. The fourth-order valence-electron chi connectivity index (χ4n) is 5.18. The highest BCUT2D eigenvalue weighted by molar-refractivity contribution is 6.43. The number of rotatable bonds is 16. The van der Waals surface area contributed by atoms with E-state index in [4.69, 9.17) is 37.3 Å². The van der Waals surface area contributed by atoms with Crippen LogP contribution in [0.4, 0.5) is 0 Å². The fourth-order valence-corrected chi connectivity index (χ4v) is 5.56. The van der Waals surface area contributed by atoms with Gasteiger partial charge in [0.2, 0.25) is 5.89 Å². The summed E-state index contributed by atoms with van der Waals surface area (Å²) < 4.78 is 13.2. The number of likely N-dealkylation sites (N-methyl/N-ethyl adjacent to an activating group) is 1. The highest BCUT2D eigenvalue weighted by Crippen LogP contribution is 2.39. The lowest BCUT2D eigenvalue weighted by Crippen LogP contribution is -2.48. The number of fused-ring (bicyclic) bond motifs is 1. The van der Waals surface area contributed by atoms with Crippen molar-refractivity contribution in [2.24, 2.45) is 0 Å². The Kier molecular flexibility index (Phi) is 11.7. The first-order valence-corrected chi connectivity index (χ1v) is 15.9. The molecule has 0 aliphatic rings. The summed E-state index contributed by atoms with van der Waals surface area (Å²) in [5.41, 5.74) is 6.05. The molecule has 0 bridgehead atoms. The van der Waals surface area contributed by atoms with Gasteiger partial charge < -0.3 is 19.0 Å². The number of unbranched alkanes of at least 4 members (excludes halogenated alkanes) is 1. The van der Waals surface area contributed by atoms with Gasteiger partial charge in [-0.05, 0) is 72.4 Å². The molecule has 4 rings (SSSR count). The van der Waals surface area contributed by atoms with Gasteiger partial charge in [0.25, 0.3) is 5.91 Å². The Morgan fingerprint density at radius 2 is 1.84 bits per heavy atom. The van der Waals surface area contributed by atoms with E-state index in [2.05, 4.69) is 51.6 Å². The van der Waals surface area contributed by atoms with Crippen molar-refractivity contribution in [3.05, 3.63) is 95.0 Å². The van der Waals surface area contributed by atoms with E-state index < -0.39 is 0 Å². The van der Waals surface area contributed by atoms with Gasteiger partial charge in [-0.25, -0.2) is 4.98 Å². The number of oxazole rings is 1. The zero-order valence-corrected chi connectivity index (χ0v) is 27.4. The maximum absolute atomic E-state index is 12.3. The van der Waals surface area contributed by atoms with Crippen molar-refractivity contribution in [3.63, 3.8) is 0 Å². The molecule has 0 spiro atoms. The third-order valence-corrected chi connectivity index (χ3v) is 8.26. The summed E-state index contributed by atoms with van der Waals surface area (Å²) >= 11 is 12.8. The summed E-state index contributed by atoms with van der Waals surface area (Å²) in [6.07, 6.45) is 7.98. The molecule has 0 saturated carbocycles. The molecule has 0 saturated heterocycles. The Labute approximate surface area is 270 Å². The molecule has 8 heteroatoms. The minimum atomic E-state index is 0.0917. The van der Waals surface area contributed by atoms with E-state index in [1.54, 1.807) is 6.07 Å². The Balaban J connectivity index is 1.55. The molecule has 3 aromatic carbocycles. The summed E-state index contributed by atoms with van der Waals surface area (Å²) in [6, 6.07) is 15.7. The first kappa shape index (κ1) is 33.3. The molecular weight excluding hydrogens is 593 g/mol. The number of nitrogens with one attached hydrogen (secondary N) is 1. The molecule has 1 heterocycles. The Hall–Kier alpha value is -3.58. The van der Waals surface area contributed by atoms with Gasteiger partial charge >= 0.3 is 0 Å². The van der Waals surface area contributed by atoms with E-state index in [0.717, 1.165) is 65.9 Å². The number of carbonyl (C=O) groups excluding carboxylic acids is 1. The molecule has 0 radical (unpaired) electrons. The number of benzene rings is 3. The summed E-state index contributed by atoms with van der Waals surface area (Å²) in [5, 5.41) is 3.86. The van der Waals surface area contributed by atoms with E-state index in [1.807, 2.05) is 42.5 Å². The van der Waals surface area contributed by atoms with Gasteiger partial charge in [0.15, 0.2) is 12.1 Å². The van der Waals surface area contributed by atoms with Crippen LogP contribution in [-0.2, 0) is 17.6 Å². The van der Waals surface area contributed by atoms with Crippen LogP contribution in [0.3, 0.4) is 0 Å². The predicted molar refractivity (Wildman–Crippen MR) is 183 cm³/mol. The number of quaternary nitrogens is 1. The van der Waals surface area contributed by atoms with Crippen molar-refractivity contribution in [2.75, 3.05) is 40.3 Å². The van der Waals surface area contributed by atoms with Crippen molar-refractivity contribution in [2.45, 2.75) is 39.0 Å². The molecule has 1 N–H and O–H groups in total. The van der Waals surface area contributed by atoms with Crippen molar-refractivity contribution in [3.8, 4) is 28.3 Å².